The summed E-state index contributed by atoms with van der Waals surface area (Å²) in [6, 6.07) is 0. The third kappa shape index (κ3) is 3.07. The fraction of sp³-hybridized carbons (Fsp3) is 0.556. The van der Waals surface area contributed by atoms with Crippen LogP contribution in [0.2, 0.25) is 0 Å². The van der Waals surface area contributed by atoms with Crippen molar-refractivity contribution in [1.29, 1.82) is 5.39 Å². The number of hydrogen-bond acceptors (Lipinski definition) is 2. The zero-order chi connectivity index (χ0) is 9.61. The molecule has 0 heterocycles. The molecule has 64 valence electrons. The summed E-state index contributed by atoms with van der Waals surface area (Å²) < 4.78 is 0. The van der Waals surface area contributed by atoms with Crippen molar-refractivity contribution in [3.8, 4) is 12.3 Å². The number of hydrogen-bond donors (Lipinski definition) is 1. The van der Waals surface area contributed by atoms with Crippen LogP contribution >= 0.6 is 0 Å². The van der Waals surface area contributed by atoms with E-state index in [-0.39, 0.29) is 5.76 Å². The van der Waals surface area contributed by atoms with Gasteiger partial charge in [0, 0.05) is 11.8 Å². The molecule has 0 rings (SSSR count). The summed E-state index contributed by atoms with van der Waals surface area (Å²) in [7, 11) is 0. The number of allylic oxidation sites excluding steroid dienone is 1. The Bertz CT molecular complexity index is 253. The predicted octanol–water partition coefficient (Wildman–Crippen LogP) is 2.68. The summed E-state index contributed by atoms with van der Waals surface area (Å²) in [6.45, 7) is 3.67. The van der Waals surface area contributed by atoms with Gasteiger partial charge in [-0.2, -0.15) is 0 Å². The molecule has 1 N–H and O–H groups in total. The molecule has 0 atom stereocenters. The summed E-state index contributed by atoms with van der Waals surface area (Å²) in [6.07, 6.45) is 7.37. The molecule has 12 heavy (non-hydrogen) atoms. The van der Waals surface area contributed by atoms with Crippen LogP contribution in [0, 0.1) is 23.2 Å². The molecule has 0 saturated heterocycles. The molecule has 0 bridgehead atoms. The number of diazo groups is 1. The maximum absolute atomic E-state index is 9.34. The molecule has 0 fully saturated rings. The molecule has 0 aliphatic rings. The Morgan fingerprint density at radius 2 is 2.33 bits per heavy atom. The first kappa shape index (κ1) is 10.5. The lowest BCUT2D eigenvalue weighted by atomic mass is 9.86. The summed E-state index contributed by atoms with van der Waals surface area (Å²) in [5, 5.41) is 17.5. The first-order valence-electron chi connectivity index (χ1n) is 3.72. The maximum atomic E-state index is 9.34. The van der Waals surface area contributed by atoms with Crippen molar-refractivity contribution < 1.29 is 5.11 Å². The number of aliphatic hydroxyl groups is 1. The Morgan fingerprint density at radius 1 is 1.75 bits per heavy atom. The van der Waals surface area contributed by atoms with Crippen molar-refractivity contribution in [1.82, 2.24) is 0 Å². The molecule has 0 aromatic carbocycles. The molecule has 0 saturated carbocycles. The standard InChI is InChI=1S/C9H12N2O/c1-4-5-6-9(2,3)8(12)7-11-10/h1,7H,5-6H2,2-3H3/p+1/b8-7-. The molecule has 0 aromatic rings. The van der Waals surface area contributed by atoms with E-state index in [0.29, 0.717) is 12.8 Å². The SMILES string of the molecule is C#CCCC(C)(C)/C(O)=C/[N+]#N. The van der Waals surface area contributed by atoms with Crippen LogP contribution in [0.5, 0.6) is 0 Å². The van der Waals surface area contributed by atoms with Crippen molar-refractivity contribution in [2.45, 2.75) is 26.7 Å². The number of rotatable bonds is 3. The van der Waals surface area contributed by atoms with E-state index in [1.165, 1.54) is 0 Å². The monoisotopic (exact) mass is 165 g/mol. The predicted molar refractivity (Wildman–Crippen MR) is 47.6 cm³/mol. The third-order valence-electron chi connectivity index (χ3n) is 1.77. The quantitative estimate of drug-likeness (QED) is 0.397. The van der Waals surface area contributed by atoms with Gasteiger partial charge in [-0.25, -0.2) is 0 Å². The summed E-state index contributed by atoms with van der Waals surface area (Å²) in [5.41, 5.74) is -0.418. The lowest BCUT2D eigenvalue weighted by molar-refractivity contribution is 0.246. The highest BCUT2D eigenvalue weighted by Gasteiger charge is 2.25. The molecule has 0 unspecified atom stereocenters. The van der Waals surface area contributed by atoms with Crippen LogP contribution in [-0.4, -0.2) is 5.11 Å². The first-order valence-corrected chi connectivity index (χ1v) is 3.72. The second kappa shape index (κ2) is 4.41. The van der Waals surface area contributed by atoms with Gasteiger partial charge in [-0.1, -0.05) is 13.8 Å². The van der Waals surface area contributed by atoms with E-state index in [2.05, 4.69) is 10.9 Å². The molecule has 0 aliphatic carbocycles. The maximum Gasteiger partial charge on any atom is 0.387 e. The van der Waals surface area contributed by atoms with Crippen LogP contribution in [0.1, 0.15) is 26.7 Å². The van der Waals surface area contributed by atoms with Crippen LogP contribution in [0.25, 0.3) is 4.98 Å². The largest absolute Gasteiger partial charge is 0.505 e. The fourth-order valence-corrected chi connectivity index (χ4v) is 0.742. The number of nitrogens with zero attached hydrogens (tertiary/aromatic N) is 2. The minimum absolute atomic E-state index is 0.0419. The van der Waals surface area contributed by atoms with Gasteiger partial charge >= 0.3 is 6.20 Å². The van der Waals surface area contributed by atoms with Gasteiger partial charge in [0.25, 0.3) is 0 Å². The van der Waals surface area contributed by atoms with Gasteiger partial charge in [0.05, 0.1) is 0 Å². The molecule has 0 aliphatic heterocycles. The first-order chi connectivity index (χ1) is 5.54. The van der Waals surface area contributed by atoms with Gasteiger partial charge in [0.1, 0.15) is 0 Å². The van der Waals surface area contributed by atoms with E-state index < -0.39 is 5.41 Å². The van der Waals surface area contributed by atoms with Gasteiger partial charge in [-0.3, -0.25) is 0 Å². The molecular formula is C9H13N2O+. The van der Waals surface area contributed by atoms with Gasteiger partial charge in [0.15, 0.2) is 10.7 Å². The van der Waals surface area contributed by atoms with Crippen molar-refractivity contribution in [3.05, 3.63) is 16.9 Å². The minimum atomic E-state index is -0.418. The Morgan fingerprint density at radius 3 is 2.75 bits per heavy atom. The van der Waals surface area contributed by atoms with Gasteiger partial charge in [-0.15, -0.1) is 12.3 Å². The molecule has 0 radical (unpaired) electrons. The average Bonchev–Trinajstić information content (AvgIpc) is 2.01. The van der Waals surface area contributed by atoms with E-state index in [1.807, 2.05) is 13.8 Å². The zero-order valence-corrected chi connectivity index (χ0v) is 7.41. The van der Waals surface area contributed by atoms with Crippen molar-refractivity contribution in [2.75, 3.05) is 0 Å². The highest BCUT2D eigenvalue weighted by atomic mass is 16.3. The van der Waals surface area contributed by atoms with Gasteiger partial charge in [-0.05, 0) is 6.42 Å². The Hall–Kier alpha value is -1.48. The van der Waals surface area contributed by atoms with Crippen molar-refractivity contribution in [2.24, 2.45) is 5.41 Å². The lowest BCUT2D eigenvalue weighted by Crippen LogP contribution is -2.13. The Labute approximate surface area is 72.7 Å². The Kier molecular flexibility index (Phi) is 3.86. The second-order valence-corrected chi connectivity index (χ2v) is 3.22. The normalized spacial score (nSPS) is 11.8. The minimum Gasteiger partial charge on any atom is -0.505 e. The molecule has 0 amide bonds. The van der Waals surface area contributed by atoms with Crippen molar-refractivity contribution >= 4 is 0 Å². The number of aliphatic hydroxyl groups excluding tert-OH is 1. The topological polar surface area (TPSA) is 48.4 Å². The smallest absolute Gasteiger partial charge is 0.387 e. The summed E-state index contributed by atoms with van der Waals surface area (Å²) in [4.78, 5) is 2.75. The zero-order valence-electron chi connectivity index (χ0n) is 7.41. The highest BCUT2D eigenvalue weighted by Crippen LogP contribution is 2.29. The van der Waals surface area contributed by atoms with E-state index in [0.717, 1.165) is 6.20 Å². The summed E-state index contributed by atoms with van der Waals surface area (Å²) in [5.74, 6) is 2.53. The molecular weight excluding hydrogens is 152 g/mol. The molecule has 0 spiro atoms. The van der Waals surface area contributed by atoms with Crippen LogP contribution in [0.3, 0.4) is 0 Å². The summed E-state index contributed by atoms with van der Waals surface area (Å²) >= 11 is 0. The molecule has 3 nitrogen and oxygen atoms in total. The van der Waals surface area contributed by atoms with E-state index in [4.69, 9.17) is 11.8 Å². The third-order valence-corrected chi connectivity index (χ3v) is 1.77. The van der Waals surface area contributed by atoms with E-state index in [1.54, 1.807) is 0 Å². The van der Waals surface area contributed by atoms with Gasteiger partial charge in [0.2, 0.25) is 5.39 Å². The fourth-order valence-electron chi connectivity index (χ4n) is 0.742. The van der Waals surface area contributed by atoms with Gasteiger partial charge < -0.3 is 5.11 Å². The van der Waals surface area contributed by atoms with Crippen LogP contribution in [0.15, 0.2) is 12.0 Å². The average molecular weight is 165 g/mol. The van der Waals surface area contributed by atoms with E-state index in [9.17, 15) is 5.11 Å². The van der Waals surface area contributed by atoms with Crippen LogP contribution in [-0.2, 0) is 0 Å². The van der Waals surface area contributed by atoms with Crippen molar-refractivity contribution in [3.63, 3.8) is 0 Å². The van der Waals surface area contributed by atoms with Crippen LogP contribution in [0.4, 0.5) is 0 Å². The van der Waals surface area contributed by atoms with E-state index >= 15 is 0 Å². The highest BCUT2D eigenvalue weighted by molar-refractivity contribution is 5.06. The lowest BCUT2D eigenvalue weighted by Gasteiger charge is -2.19. The number of terminal acetylenes is 1. The molecule has 0 aromatic heterocycles. The molecule has 3 heteroatoms. The van der Waals surface area contributed by atoms with Crippen LogP contribution < -0.4 is 0 Å². The Balaban J connectivity index is 4.33. The second-order valence-electron chi connectivity index (χ2n) is 3.22.